The second kappa shape index (κ2) is 6.53. The smallest absolute Gasteiger partial charge is 0.414 e. The highest BCUT2D eigenvalue weighted by Crippen LogP contribution is 2.47. The van der Waals surface area contributed by atoms with Crippen molar-refractivity contribution in [1.82, 2.24) is 5.32 Å². The molecule has 26 heavy (non-hydrogen) atoms. The highest BCUT2D eigenvalue weighted by molar-refractivity contribution is 8.00. The predicted octanol–water partition coefficient (Wildman–Crippen LogP) is 2.31. The molecule has 0 aromatic heterocycles. The van der Waals surface area contributed by atoms with Crippen molar-refractivity contribution in [3.8, 4) is 0 Å². The van der Waals surface area contributed by atoms with Crippen molar-refractivity contribution < 1.29 is 24.9 Å². The van der Waals surface area contributed by atoms with Gasteiger partial charge in [-0.1, -0.05) is 0 Å². The third-order valence-electron chi connectivity index (χ3n) is 4.99. The van der Waals surface area contributed by atoms with E-state index in [1.165, 1.54) is 18.1 Å². The van der Waals surface area contributed by atoms with Crippen molar-refractivity contribution >= 4 is 35.3 Å². The maximum atomic E-state index is 14.6. The van der Waals surface area contributed by atoms with E-state index in [9.17, 15) is 14.0 Å². The highest BCUT2D eigenvalue weighted by Gasteiger charge is 2.48. The molecular formula is C17H22FN3O4S. The number of hydrogen-bond donors (Lipinski definition) is 1. The van der Waals surface area contributed by atoms with Gasteiger partial charge in [-0.3, -0.25) is 4.90 Å². The summed E-state index contributed by atoms with van der Waals surface area (Å²) < 4.78 is 24.3. The molecule has 7 nitrogen and oxygen atoms in total. The molecule has 142 valence electrons. The Morgan fingerprint density at radius 2 is 2.27 bits per heavy atom. The molecular weight excluding hydrogens is 361 g/mol. The Bertz CT molecular complexity index is 741. The van der Waals surface area contributed by atoms with Crippen molar-refractivity contribution in [2.24, 2.45) is 5.41 Å². The van der Waals surface area contributed by atoms with Crippen molar-refractivity contribution in [2.75, 3.05) is 54.6 Å². The van der Waals surface area contributed by atoms with Crippen molar-refractivity contribution in [3.63, 3.8) is 0 Å². The number of cyclic esters (lactones) is 1. The second-order valence-corrected chi connectivity index (χ2v) is 7.96. The number of benzene rings is 1. The topological polar surface area (TPSA) is 71.1 Å². The number of halogens is 1. The molecule has 3 saturated heterocycles. The number of alkyl carbamates (subject to hydrolysis) is 1. The first kappa shape index (κ1) is 17.3. The number of rotatable bonds is 4. The molecule has 0 bridgehead atoms. The van der Waals surface area contributed by atoms with E-state index in [0.29, 0.717) is 16.8 Å². The average Bonchev–Trinajstić information content (AvgIpc) is 2.92. The predicted molar refractivity (Wildman–Crippen MR) is 98.5 cm³/mol. The van der Waals surface area contributed by atoms with E-state index in [4.69, 9.17) is 4.74 Å². The van der Waals surface area contributed by atoms with Gasteiger partial charge in [0.25, 0.3) is 0 Å². The minimum atomic E-state index is -0.591. The van der Waals surface area contributed by atoms with Gasteiger partial charge in [-0.2, -0.15) is 11.8 Å². The number of hydrogen-bond acceptors (Lipinski definition) is 6. The number of carbonyl (C=O) groups is 2. The van der Waals surface area contributed by atoms with Gasteiger partial charge in [-0.05, 0) is 18.2 Å². The standard InChI is InChI=1S/C17H20FN3O4S.H2/c1-24-15(22)19-5-12-6-21(16(23)25-12)11-2-3-14(13(18)4-11)20-7-17(8-20)9-26-10-17;/h2-4,12H,5-10H2,1H3,(H,19,22);1H/t12-;/m0./s1. The summed E-state index contributed by atoms with van der Waals surface area (Å²) in [4.78, 5) is 26.6. The first-order valence-corrected chi connectivity index (χ1v) is 9.57. The largest absolute Gasteiger partial charge is 0.453 e. The second-order valence-electron chi connectivity index (χ2n) is 6.97. The Balaban J connectivity index is 0.00000210. The van der Waals surface area contributed by atoms with Gasteiger partial charge in [0.05, 0.1) is 31.6 Å². The van der Waals surface area contributed by atoms with Crippen LogP contribution in [0.1, 0.15) is 1.43 Å². The molecule has 1 N–H and O–H groups in total. The van der Waals surface area contributed by atoms with Crippen LogP contribution in [0.3, 0.4) is 0 Å². The van der Waals surface area contributed by atoms with Gasteiger partial charge >= 0.3 is 12.2 Å². The van der Waals surface area contributed by atoms with E-state index < -0.39 is 18.3 Å². The lowest BCUT2D eigenvalue weighted by molar-refractivity contribution is 0.132. The number of nitrogens with zero attached hydrogens (tertiary/aromatic N) is 2. The third-order valence-corrected chi connectivity index (χ3v) is 6.62. The lowest BCUT2D eigenvalue weighted by Gasteiger charge is -2.56. The maximum Gasteiger partial charge on any atom is 0.414 e. The van der Waals surface area contributed by atoms with Crippen LogP contribution in [-0.2, 0) is 9.47 Å². The van der Waals surface area contributed by atoms with Crippen LogP contribution in [0.5, 0.6) is 0 Å². The monoisotopic (exact) mass is 383 g/mol. The average molecular weight is 383 g/mol. The SMILES string of the molecule is COC(=O)NC[C@H]1CN(c2ccc(N3CC4(CSC4)C3)c(F)c2)C(=O)O1.[HH]. The fraction of sp³-hybridized carbons (Fsp3) is 0.529. The highest BCUT2D eigenvalue weighted by atomic mass is 32.2. The van der Waals surface area contributed by atoms with E-state index in [2.05, 4.69) is 10.1 Å². The molecule has 0 aliphatic carbocycles. The molecule has 2 amide bonds. The zero-order valence-corrected chi connectivity index (χ0v) is 15.2. The molecule has 1 aromatic rings. The number of carbonyl (C=O) groups excluding carboxylic acids is 2. The molecule has 0 radical (unpaired) electrons. The van der Waals surface area contributed by atoms with Gasteiger partial charge in [0, 0.05) is 31.4 Å². The van der Waals surface area contributed by atoms with Crippen molar-refractivity contribution in [3.05, 3.63) is 24.0 Å². The molecule has 0 saturated carbocycles. The number of thioether (sulfide) groups is 1. The number of amides is 2. The maximum absolute atomic E-state index is 14.6. The van der Waals surface area contributed by atoms with E-state index in [0.717, 1.165) is 24.6 Å². The summed E-state index contributed by atoms with van der Waals surface area (Å²) in [6.45, 7) is 2.17. The fourth-order valence-electron chi connectivity index (χ4n) is 3.54. The number of methoxy groups -OCH3 is 1. The van der Waals surface area contributed by atoms with Gasteiger partial charge in [0.2, 0.25) is 0 Å². The molecule has 3 aliphatic rings. The molecule has 0 unspecified atom stereocenters. The van der Waals surface area contributed by atoms with Crippen LogP contribution in [0.15, 0.2) is 18.2 Å². The molecule has 3 heterocycles. The van der Waals surface area contributed by atoms with E-state index in [1.54, 1.807) is 12.1 Å². The first-order valence-electron chi connectivity index (χ1n) is 8.42. The Morgan fingerprint density at radius 1 is 1.50 bits per heavy atom. The Morgan fingerprint density at radius 3 is 2.88 bits per heavy atom. The van der Waals surface area contributed by atoms with Gasteiger partial charge in [-0.25, -0.2) is 14.0 Å². The van der Waals surface area contributed by atoms with Crippen molar-refractivity contribution in [1.29, 1.82) is 0 Å². The van der Waals surface area contributed by atoms with Crippen LogP contribution in [0.2, 0.25) is 0 Å². The summed E-state index contributed by atoms with van der Waals surface area (Å²) in [6, 6.07) is 4.82. The Hall–Kier alpha value is -2.16. The van der Waals surface area contributed by atoms with Gasteiger partial charge < -0.3 is 19.7 Å². The van der Waals surface area contributed by atoms with E-state index >= 15 is 0 Å². The minimum Gasteiger partial charge on any atom is -0.453 e. The van der Waals surface area contributed by atoms with Crippen LogP contribution in [-0.4, -0.2) is 63.1 Å². The van der Waals surface area contributed by atoms with Crippen molar-refractivity contribution in [2.45, 2.75) is 6.10 Å². The first-order chi connectivity index (χ1) is 12.5. The van der Waals surface area contributed by atoms with E-state index in [1.807, 2.05) is 16.7 Å². The van der Waals surface area contributed by atoms with Crippen LogP contribution in [0.25, 0.3) is 0 Å². The Labute approximate surface area is 156 Å². The normalized spacial score (nSPS) is 23.3. The molecule has 4 rings (SSSR count). The molecule has 9 heteroatoms. The zero-order chi connectivity index (χ0) is 18.3. The summed E-state index contributed by atoms with van der Waals surface area (Å²) in [7, 11) is 1.26. The van der Waals surface area contributed by atoms with Crippen LogP contribution in [0.4, 0.5) is 25.4 Å². The minimum absolute atomic E-state index is 0. The summed E-state index contributed by atoms with van der Waals surface area (Å²) in [5.41, 5.74) is 1.41. The van der Waals surface area contributed by atoms with Crippen LogP contribution < -0.4 is 15.1 Å². The third kappa shape index (κ3) is 3.04. The molecule has 3 fully saturated rings. The molecule has 1 spiro atoms. The molecule has 1 aromatic carbocycles. The summed E-state index contributed by atoms with van der Waals surface area (Å²) >= 11 is 1.94. The quantitative estimate of drug-likeness (QED) is 0.860. The zero-order valence-electron chi connectivity index (χ0n) is 14.4. The molecule has 1 atom stereocenters. The van der Waals surface area contributed by atoms with Gasteiger partial charge in [-0.15, -0.1) is 0 Å². The fourth-order valence-corrected chi connectivity index (χ4v) is 4.68. The van der Waals surface area contributed by atoms with Crippen LogP contribution in [0, 0.1) is 11.2 Å². The Kier molecular flexibility index (Phi) is 4.34. The van der Waals surface area contributed by atoms with Gasteiger partial charge in [0.1, 0.15) is 11.9 Å². The van der Waals surface area contributed by atoms with Gasteiger partial charge in [0.15, 0.2) is 0 Å². The van der Waals surface area contributed by atoms with Crippen LogP contribution >= 0.6 is 11.8 Å². The molecule has 3 aliphatic heterocycles. The number of ether oxygens (including phenoxy) is 2. The number of anilines is 2. The summed E-state index contributed by atoms with van der Waals surface area (Å²) in [5, 5.41) is 2.49. The number of nitrogens with one attached hydrogen (secondary N) is 1. The lowest BCUT2D eigenvalue weighted by Crippen LogP contribution is -2.63. The lowest BCUT2D eigenvalue weighted by atomic mass is 9.82. The summed E-state index contributed by atoms with van der Waals surface area (Å²) in [6.07, 6.45) is -1.65. The summed E-state index contributed by atoms with van der Waals surface area (Å²) in [5.74, 6) is 1.97. The van der Waals surface area contributed by atoms with E-state index in [-0.39, 0.29) is 20.3 Å².